The number of amides is 1. The highest BCUT2D eigenvalue weighted by atomic mass is 32.1. The highest BCUT2D eigenvalue weighted by Crippen LogP contribution is 2.22. The predicted molar refractivity (Wildman–Crippen MR) is 113 cm³/mol. The molecule has 9 heteroatoms. The number of rotatable bonds is 6. The normalized spacial score (nSPS) is 10.6. The zero-order valence-electron chi connectivity index (χ0n) is 16.0. The second-order valence-electron chi connectivity index (χ2n) is 6.08. The van der Waals surface area contributed by atoms with Gasteiger partial charge in [-0.25, -0.2) is 19.4 Å². The second-order valence-corrected chi connectivity index (χ2v) is 6.94. The number of aromatic nitrogens is 4. The first kappa shape index (κ1) is 19.5. The number of hydrogen-bond acceptors (Lipinski definition) is 7. The SMILES string of the molecule is CCOC(=O)c1csc(NC(=O)c2nc(-c3ccccc3)n(-c3ccccc3)n2)n1. The first-order valence-corrected chi connectivity index (χ1v) is 10.1. The van der Waals surface area contributed by atoms with Crippen molar-refractivity contribution in [2.24, 2.45) is 0 Å². The minimum Gasteiger partial charge on any atom is -0.461 e. The van der Waals surface area contributed by atoms with Crippen molar-refractivity contribution >= 4 is 28.3 Å². The van der Waals surface area contributed by atoms with Gasteiger partial charge in [0.2, 0.25) is 5.82 Å². The quantitative estimate of drug-likeness (QED) is 0.477. The van der Waals surface area contributed by atoms with E-state index in [1.165, 1.54) is 5.38 Å². The summed E-state index contributed by atoms with van der Waals surface area (Å²) in [5.41, 5.74) is 1.75. The third kappa shape index (κ3) is 4.11. The Morgan fingerprint density at radius 1 is 1.03 bits per heavy atom. The van der Waals surface area contributed by atoms with E-state index in [2.05, 4.69) is 20.4 Å². The van der Waals surface area contributed by atoms with Gasteiger partial charge in [0.1, 0.15) is 0 Å². The zero-order valence-corrected chi connectivity index (χ0v) is 16.8. The van der Waals surface area contributed by atoms with E-state index in [1.807, 2.05) is 60.7 Å². The van der Waals surface area contributed by atoms with Crippen molar-refractivity contribution < 1.29 is 14.3 Å². The number of thiazole rings is 1. The molecule has 0 atom stereocenters. The summed E-state index contributed by atoms with van der Waals surface area (Å²) in [4.78, 5) is 33.0. The van der Waals surface area contributed by atoms with Crippen molar-refractivity contribution in [3.63, 3.8) is 0 Å². The molecule has 0 aliphatic heterocycles. The standard InChI is InChI=1S/C21H17N5O3S/c1-2-29-20(28)16-13-30-21(22-16)24-19(27)17-23-18(14-9-5-3-6-10-14)26(25-17)15-11-7-4-8-12-15/h3-13H,2H2,1H3,(H,22,24,27). The summed E-state index contributed by atoms with van der Waals surface area (Å²) >= 11 is 1.12. The lowest BCUT2D eigenvalue weighted by Crippen LogP contribution is -2.14. The molecule has 4 rings (SSSR count). The minimum atomic E-state index is -0.535. The number of benzene rings is 2. The fourth-order valence-corrected chi connectivity index (χ4v) is 3.39. The maximum absolute atomic E-state index is 12.7. The van der Waals surface area contributed by atoms with Crippen LogP contribution in [0, 0.1) is 0 Å². The van der Waals surface area contributed by atoms with Crippen LogP contribution in [0.3, 0.4) is 0 Å². The van der Waals surface area contributed by atoms with Crippen LogP contribution in [0.4, 0.5) is 5.13 Å². The number of nitrogens with zero attached hydrogens (tertiary/aromatic N) is 4. The fourth-order valence-electron chi connectivity index (χ4n) is 2.71. The summed E-state index contributed by atoms with van der Waals surface area (Å²) in [6.45, 7) is 1.97. The van der Waals surface area contributed by atoms with E-state index < -0.39 is 11.9 Å². The Kier molecular flexibility index (Phi) is 5.62. The molecule has 0 aliphatic rings. The topological polar surface area (TPSA) is 99.0 Å². The summed E-state index contributed by atoms with van der Waals surface area (Å²) in [6.07, 6.45) is 0. The van der Waals surface area contributed by atoms with E-state index >= 15 is 0 Å². The number of carbonyl (C=O) groups excluding carboxylic acids is 2. The van der Waals surface area contributed by atoms with E-state index in [0.717, 1.165) is 22.6 Å². The molecule has 0 fully saturated rings. The fraction of sp³-hybridized carbons (Fsp3) is 0.0952. The van der Waals surface area contributed by atoms with Crippen LogP contribution in [0.15, 0.2) is 66.0 Å². The first-order chi connectivity index (χ1) is 14.7. The third-order valence-corrected chi connectivity index (χ3v) is 4.81. The van der Waals surface area contributed by atoms with Crippen molar-refractivity contribution in [2.45, 2.75) is 6.92 Å². The van der Waals surface area contributed by atoms with Crippen LogP contribution in [-0.4, -0.2) is 38.2 Å². The van der Waals surface area contributed by atoms with Gasteiger partial charge in [-0.2, -0.15) is 0 Å². The lowest BCUT2D eigenvalue weighted by molar-refractivity contribution is 0.0520. The number of ether oxygens (including phenoxy) is 1. The van der Waals surface area contributed by atoms with Crippen molar-refractivity contribution in [1.82, 2.24) is 19.7 Å². The number of anilines is 1. The summed E-state index contributed by atoms with van der Waals surface area (Å²) in [5.74, 6) is -0.525. The predicted octanol–water partition coefficient (Wildman–Crippen LogP) is 3.82. The van der Waals surface area contributed by atoms with Gasteiger partial charge in [0, 0.05) is 10.9 Å². The highest BCUT2D eigenvalue weighted by molar-refractivity contribution is 7.14. The Hall–Kier alpha value is -3.85. The molecule has 1 N–H and O–H groups in total. The van der Waals surface area contributed by atoms with Gasteiger partial charge in [-0.3, -0.25) is 10.1 Å². The summed E-state index contributed by atoms with van der Waals surface area (Å²) in [5, 5.41) is 8.84. The van der Waals surface area contributed by atoms with Crippen LogP contribution >= 0.6 is 11.3 Å². The van der Waals surface area contributed by atoms with E-state index in [0.29, 0.717) is 5.82 Å². The molecule has 0 radical (unpaired) electrons. The molecule has 2 aromatic heterocycles. The van der Waals surface area contributed by atoms with Gasteiger partial charge in [-0.15, -0.1) is 16.4 Å². The van der Waals surface area contributed by atoms with Gasteiger partial charge < -0.3 is 4.74 Å². The lowest BCUT2D eigenvalue weighted by Gasteiger charge is -2.05. The van der Waals surface area contributed by atoms with Crippen molar-refractivity contribution in [3.8, 4) is 17.1 Å². The molecule has 0 saturated heterocycles. The zero-order chi connectivity index (χ0) is 20.9. The maximum atomic E-state index is 12.7. The molecule has 30 heavy (non-hydrogen) atoms. The Balaban J connectivity index is 1.64. The molecule has 0 spiro atoms. The molecule has 0 aliphatic carbocycles. The summed E-state index contributed by atoms with van der Waals surface area (Å²) < 4.78 is 6.53. The molecule has 0 saturated carbocycles. The average molecular weight is 419 g/mol. The lowest BCUT2D eigenvalue weighted by atomic mass is 10.2. The molecule has 0 bridgehead atoms. The number of hydrogen-bond donors (Lipinski definition) is 1. The van der Waals surface area contributed by atoms with Gasteiger partial charge in [0.25, 0.3) is 5.91 Å². The van der Waals surface area contributed by atoms with Crippen molar-refractivity contribution in [3.05, 3.63) is 77.6 Å². The number of esters is 1. The van der Waals surface area contributed by atoms with E-state index in [9.17, 15) is 9.59 Å². The molecule has 2 heterocycles. The van der Waals surface area contributed by atoms with Crippen LogP contribution in [0.25, 0.3) is 17.1 Å². The van der Waals surface area contributed by atoms with Crippen molar-refractivity contribution in [2.75, 3.05) is 11.9 Å². The Bertz CT molecular complexity index is 1110. The van der Waals surface area contributed by atoms with Gasteiger partial charge in [0.05, 0.1) is 12.3 Å². The van der Waals surface area contributed by atoms with Gasteiger partial charge in [-0.05, 0) is 19.1 Å². The molecule has 150 valence electrons. The second kappa shape index (κ2) is 8.66. The molecular weight excluding hydrogens is 402 g/mol. The maximum Gasteiger partial charge on any atom is 0.357 e. The molecule has 1 amide bonds. The molecule has 4 aromatic rings. The van der Waals surface area contributed by atoms with Crippen LogP contribution in [0.5, 0.6) is 0 Å². The van der Waals surface area contributed by atoms with Crippen LogP contribution in [0.1, 0.15) is 28.0 Å². The molecule has 2 aromatic carbocycles. The smallest absolute Gasteiger partial charge is 0.357 e. The Labute approximate surface area is 176 Å². The largest absolute Gasteiger partial charge is 0.461 e. The summed E-state index contributed by atoms with van der Waals surface area (Å²) in [7, 11) is 0. The van der Waals surface area contributed by atoms with E-state index in [-0.39, 0.29) is 23.3 Å². The van der Waals surface area contributed by atoms with Gasteiger partial charge in [-0.1, -0.05) is 48.5 Å². The summed E-state index contributed by atoms with van der Waals surface area (Å²) in [6, 6.07) is 18.9. The van der Waals surface area contributed by atoms with Crippen LogP contribution < -0.4 is 5.32 Å². The number of carbonyl (C=O) groups is 2. The van der Waals surface area contributed by atoms with Crippen LogP contribution in [-0.2, 0) is 4.74 Å². The van der Waals surface area contributed by atoms with Gasteiger partial charge >= 0.3 is 5.97 Å². The average Bonchev–Trinajstić information content (AvgIpc) is 3.43. The Morgan fingerprint density at radius 3 is 2.43 bits per heavy atom. The number of nitrogens with one attached hydrogen (secondary N) is 1. The number of para-hydroxylation sites is 1. The Morgan fingerprint density at radius 2 is 1.73 bits per heavy atom. The van der Waals surface area contributed by atoms with Crippen molar-refractivity contribution in [1.29, 1.82) is 0 Å². The third-order valence-electron chi connectivity index (χ3n) is 4.05. The molecular formula is C21H17N5O3S. The highest BCUT2D eigenvalue weighted by Gasteiger charge is 2.20. The van der Waals surface area contributed by atoms with E-state index in [1.54, 1.807) is 11.6 Å². The van der Waals surface area contributed by atoms with Gasteiger partial charge in [0.15, 0.2) is 16.6 Å². The monoisotopic (exact) mass is 419 g/mol. The molecule has 0 unspecified atom stereocenters. The van der Waals surface area contributed by atoms with E-state index in [4.69, 9.17) is 4.74 Å². The molecule has 8 nitrogen and oxygen atoms in total. The van der Waals surface area contributed by atoms with Crippen LogP contribution in [0.2, 0.25) is 0 Å². The minimum absolute atomic E-state index is 0.00871. The first-order valence-electron chi connectivity index (χ1n) is 9.17.